The predicted octanol–water partition coefficient (Wildman–Crippen LogP) is 2.35. The van der Waals surface area contributed by atoms with E-state index in [4.69, 9.17) is 10.00 Å². The molecule has 0 spiro atoms. The SMILES string of the molecule is N#Cc1ccccc1OCC(=O)NNC(=O)/C=C/c1cccc2cccnc12. The van der Waals surface area contributed by atoms with Crippen molar-refractivity contribution < 1.29 is 14.3 Å². The molecule has 3 rings (SSSR count). The maximum Gasteiger partial charge on any atom is 0.276 e. The lowest BCUT2D eigenvalue weighted by Crippen LogP contribution is -2.43. The van der Waals surface area contributed by atoms with E-state index in [1.165, 1.54) is 6.08 Å². The minimum Gasteiger partial charge on any atom is -0.482 e. The highest BCUT2D eigenvalue weighted by molar-refractivity contribution is 5.96. The fraction of sp³-hybridized carbons (Fsp3) is 0.0476. The molecular formula is C21H16N4O3. The van der Waals surface area contributed by atoms with Crippen molar-refractivity contribution in [2.75, 3.05) is 6.61 Å². The molecule has 28 heavy (non-hydrogen) atoms. The molecule has 7 heteroatoms. The van der Waals surface area contributed by atoms with Crippen LogP contribution in [0.4, 0.5) is 0 Å². The molecule has 0 atom stereocenters. The average molecular weight is 372 g/mol. The Bertz CT molecular complexity index is 1080. The second-order valence-electron chi connectivity index (χ2n) is 5.69. The summed E-state index contributed by atoms with van der Waals surface area (Å²) in [5.41, 5.74) is 6.42. The van der Waals surface area contributed by atoms with Crippen molar-refractivity contribution in [2.45, 2.75) is 0 Å². The summed E-state index contributed by atoms with van der Waals surface area (Å²) < 4.78 is 5.29. The molecule has 2 amide bonds. The zero-order valence-corrected chi connectivity index (χ0v) is 14.8. The van der Waals surface area contributed by atoms with E-state index in [1.54, 1.807) is 36.5 Å². The van der Waals surface area contributed by atoms with Gasteiger partial charge in [-0.1, -0.05) is 36.4 Å². The smallest absolute Gasteiger partial charge is 0.276 e. The Balaban J connectivity index is 1.52. The molecular weight excluding hydrogens is 356 g/mol. The van der Waals surface area contributed by atoms with Gasteiger partial charge in [-0.2, -0.15) is 5.26 Å². The van der Waals surface area contributed by atoms with Crippen LogP contribution < -0.4 is 15.6 Å². The number of carbonyl (C=O) groups excluding carboxylic acids is 2. The number of ether oxygens (including phenoxy) is 1. The predicted molar refractivity (Wildman–Crippen MR) is 104 cm³/mol. The molecule has 0 radical (unpaired) electrons. The zero-order valence-electron chi connectivity index (χ0n) is 14.8. The molecule has 3 aromatic rings. The highest BCUT2D eigenvalue weighted by atomic mass is 16.5. The van der Waals surface area contributed by atoms with E-state index in [0.29, 0.717) is 11.3 Å². The number of amides is 2. The maximum atomic E-state index is 11.9. The van der Waals surface area contributed by atoms with Crippen molar-refractivity contribution in [3.8, 4) is 11.8 Å². The van der Waals surface area contributed by atoms with E-state index in [-0.39, 0.29) is 6.61 Å². The molecule has 0 saturated carbocycles. The van der Waals surface area contributed by atoms with Gasteiger partial charge in [-0.25, -0.2) is 0 Å². The van der Waals surface area contributed by atoms with Crippen molar-refractivity contribution >= 4 is 28.8 Å². The van der Waals surface area contributed by atoms with Crippen LogP contribution in [0.5, 0.6) is 5.75 Å². The number of pyridine rings is 1. The monoisotopic (exact) mass is 372 g/mol. The Labute approximate surface area is 161 Å². The van der Waals surface area contributed by atoms with Crippen LogP contribution in [-0.2, 0) is 9.59 Å². The lowest BCUT2D eigenvalue weighted by Gasteiger charge is -2.08. The number of hydrazine groups is 1. The Hall–Kier alpha value is -4.18. The van der Waals surface area contributed by atoms with Crippen LogP contribution >= 0.6 is 0 Å². The molecule has 1 heterocycles. The van der Waals surface area contributed by atoms with Gasteiger partial charge in [-0.05, 0) is 24.3 Å². The van der Waals surface area contributed by atoms with Gasteiger partial charge in [0.15, 0.2) is 6.61 Å². The number of nitrogens with zero attached hydrogens (tertiary/aromatic N) is 2. The molecule has 1 aromatic heterocycles. The van der Waals surface area contributed by atoms with E-state index < -0.39 is 11.8 Å². The summed E-state index contributed by atoms with van der Waals surface area (Å²) in [6.07, 6.45) is 4.61. The fourth-order valence-corrected chi connectivity index (χ4v) is 2.47. The van der Waals surface area contributed by atoms with Gasteiger partial charge in [0.05, 0.1) is 11.1 Å². The summed E-state index contributed by atoms with van der Waals surface area (Å²) in [7, 11) is 0. The molecule has 0 aliphatic heterocycles. The van der Waals surface area contributed by atoms with Gasteiger partial charge in [-0.3, -0.25) is 25.4 Å². The molecule has 2 aromatic carbocycles. The number of carbonyl (C=O) groups is 2. The molecule has 0 aliphatic carbocycles. The van der Waals surface area contributed by atoms with Crippen LogP contribution in [0, 0.1) is 11.3 Å². The van der Waals surface area contributed by atoms with E-state index in [9.17, 15) is 9.59 Å². The summed E-state index contributed by atoms with van der Waals surface area (Å²) in [5, 5.41) is 9.95. The lowest BCUT2D eigenvalue weighted by molar-refractivity contribution is -0.128. The highest BCUT2D eigenvalue weighted by Crippen LogP contribution is 2.17. The number of para-hydroxylation sites is 2. The fourth-order valence-electron chi connectivity index (χ4n) is 2.47. The molecule has 0 saturated heterocycles. The summed E-state index contributed by atoms with van der Waals surface area (Å²) in [6, 6.07) is 18.0. The van der Waals surface area contributed by atoms with Crippen molar-refractivity contribution in [3.63, 3.8) is 0 Å². The second kappa shape index (κ2) is 8.96. The second-order valence-corrected chi connectivity index (χ2v) is 5.69. The Morgan fingerprint density at radius 1 is 1.07 bits per heavy atom. The minimum absolute atomic E-state index is 0.301. The van der Waals surface area contributed by atoms with E-state index >= 15 is 0 Å². The Morgan fingerprint density at radius 2 is 1.89 bits per heavy atom. The van der Waals surface area contributed by atoms with E-state index in [0.717, 1.165) is 16.5 Å². The van der Waals surface area contributed by atoms with Gasteiger partial charge in [0.2, 0.25) is 0 Å². The van der Waals surface area contributed by atoms with Gasteiger partial charge in [0, 0.05) is 23.2 Å². The van der Waals surface area contributed by atoms with E-state index in [1.807, 2.05) is 36.4 Å². The standard InChI is InChI=1S/C21H16N4O3/c22-13-17-5-1-2-9-18(17)28-14-20(27)25-24-19(26)11-10-16-7-3-6-15-8-4-12-23-21(15)16/h1-12H,14H2,(H,24,26)(H,25,27)/b11-10+. The number of fused-ring (bicyclic) bond motifs is 1. The van der Waals surface area contributed by atoms with Crippen molar-refractivity contribution in [1.82, 2.24) is 15.8 Å². The summed E-state index contributed by atoms with van der Waals surface area (Å²) in [5.74, 6) is -0.755. The Morgan fingerprint density at radius 3 is 2.75 bits per heavy atom. The first-order valence-electron chi connectivity index (χ1n) is 8.40. The molecule has 0 unspecified atom stereocenters. The molecule has 0 fully saturated rings. The molecule has 2 N–H and O–H groups in total. The topological polar surface area (TPSA) is 104 Å². The van der Waals surface area contributed by atoms with Crippen LogP contribution in [0.3, 0.4) is 0 Å². The minimum atomic E-state index is -0.554. The number of aromatic nitrogens is 1. The first-order valence-corrected chi connectivity index (χ1v) is 8.40. The molecule has 7 nitrogen and oxygen atoms in total. The van der Waals surface area contributed by atoms with Crippen molar-refractivity contribution in [3.05, 3.63) is 78.0 Å². The zero-order chi connectivity index (χ0) is 19.8. The van der Waals surface area contributed by atoms with Crippen LogP contribution in [0.1, 0.15) is 11.1 Å². The van der Waals surface area contributed by atoms with Crippen LogP contribution in [-0.4, -0.2) is 23.4 Å². The van der Waals surface area contributed by atoms with Gasteiger partial charge >= 0.3 is 0 Å². The number of benzene rings is 2. The van der Waals surface area contributed by atoms with Gasteiger partial charge in [0.1, 0.15) is 11.8 Å². The van der Waals surface area contributed by atoms with Crippen LogP contribution in [0.2, 0.25) is 0 Å². The lowest BCUT2D eigenvalue weighted by atomic mass is 10.1. The van der Waals surface area contributed by atoms with Crippen molar-refractivity contribution in [1.29, 1.82) is 5.26 Å². The van der Waals surface area contributed by atoms with Crippen LogP contribution in [0.15, 0.2) is 66.9 Å². The quantitative estimate of drug-likeness (QED) is 0.528. The number of hydrogen-bond donors (Lipinski definition) is 2. The highest BCUT2D eigenvalue weighted by Gasteiger charge is 2.07. The summed E-state index contributed by atoms with van der Waals surface area (Å²) in [6.45, 7) is -0.337. The molecule has 138 valence electrons. The van der Waals surface area contributed by atoms with Crippen LogP contribution in [0.25, 0.3) is 17.0 Å². The number of rotatable bonds is 5. The number of nitrogens with one attached hydrogen (secondary N) is 2. The Kier molecular flexibility index (Phi) is 5.95. The van der Waals surface area contributed by atoms with Gasteiger partial charge in [0.25, 0.3) is 11.8 Å². The van der Waals surface area contributed by atoms with E-state index in [2.05, 4.69) is 15.8 Å². The summed E-state index contributed by atoms with van der Waals surface area (Å²) >= 11 is 0. The largest absolute Gasteiger partial charge is 0.482 e. The third kappa shape index (κ3) is 4.71. The average Bonchev–Trinajstić information content (AvgIpc) is 2.74. The van der Waals surface area contributed by atoms with Gasteiger partial charge in [-0.15, -0.1) is 0 Å². The summed E-state index contributed by atoms with van der Waals surface area (Å²) in [4.78, 5) is 28.0. The van der Waals surface area contributed by atoms with Gasteiger partial charge < -0.3 is 4.74 Å². The molecule has 0 bridgehead atoms. The normalized spacial score (nSPS) is 10.4. The van der Waals surface area contributed by atoms with Crippen molar-refractivity contribution in [2.24, 2.45) is 0 Å². The molecule has 0 aliphatic rings. The number of hydrogen-bond acceptors (Lipinski definition) is 5. The first kappa shape index (κ1) is 18.6. The number of nitriles is 1. The third-order valence-corrected chi connectivity index (χ3v) is 3.77. The maximum absolute atomic E-state index is 11.9. The first-order chi connectivity index (χ1) is 13.7. The third-order valence-electron chi connectivity index (χ3n) is 3.77.